The second kappa shape index (κ2) is 5.40. The van der Waals surface area contributed by atoms with Crippen LogP contribution in [-0.4, -0.2) is 22.8 Å². The molecule has 1 atom stereocenters. The van der Waals surface area contributed by atoms with E-state index in [0.717, 1.165) is 11.3 Å². The van der Waals surface area contributed by atoms with E-state index in [0.29, 0.717) is 12.1 Å². The quantitative estimate of drug-likeness (QED) is 0.873. The highest BCUT2D eigenvalue weighted by molar-refractivity contribution is 6.02. The molecular weight excluding hydrogens is 264 g/mol. The van der Waals surface area contributed by atoms with E-state index in [-0.39, 0.29) is 11.8 Å². The smallest absolute Gasteiger partial charge is 0.254 e. The Kier molecular flexibility index (Phi) is 3.44. The molecule has 2 amide bonds. The number of nitrogens with one attached hydrogen (secondary N) is 1. The van der Waals surface area contributed by atoms with Gasteiger partial charge in [-0.3, -0.25) is 9.59 Å². The Balaban J connectivity index is 1.98. The van der Waals surface area contributed by atoms with Gasteiger partial charge >= 0.3 is 0 Å². The Labute approximate surface area is 123 Å². The number of nitrogens with zero attached hydrogens (tertiary/aromatic N) is 1. The van der Waals surface area contributed by atoms with Crippen LogP contribution in [0.5, 0.6) is 0 Å². The Morgan fingerprint density at radius 1 is 1.10 bits per heavy atom. The lowest BCUT2D eigenvalue weighted by Crippen LogP contribution is -2.43. The van der Waals surface area contributed by atoms with E-state index in [2.05, 4.69) is 5.32 Å². The van der Waals surface area contributed by atoms with Crippen LogP contribution in [0.3, 0.4) is 0 Å². The maximum absolute atomic E-state index is 12.7. The van der Waals surface area contributed by atoms with Crippen LogP contribution in [0.25, 0.3) is 0 Å². The molecule has 0 saturated carbocycles. The topological polar surface area (TPSA) is 49.4 Å². The van der Waals surface area contributed by atoms with E-state index >= 15 is 0 Å². The van der Waals surface area contributed by atoms with Crippen molar-refractivity contribution >= 4 is 17.5 Å². The van der Waals surface area contributed by atoms with Gasteiger partial charge in [0.15, 0.2) is 0 Å². The van der Waals surface area contributed by atoms with Crippen LogP contribution in [0.1, 0.15) is 22.8 Å². The summed E-state index contributed by atoms with van der Waals surface area (Å²) in [6.07, 6.45) is 0. The molecule has 1 aliphatic heterocycles. The molecule has 3 rings (SSSR count). The fraction of sp³-hybridized carbons (Fsp3) is 0.176. The number of hydrogen-bond acceptors (Lipinski definition) is 2. The summed E-state index contributed by atoms with van der Waals surface area (Å²) < 4.78 is 0. The molecule has 0 fully saturated rings. The van der Waals surface area contributed by atoms with Crippen LogP contribution in [0.4, 0.5) is 5.69 Å². The number of fused-ring (bicyclic) bond motifs is 1. The van der Waals surface area contributed by atoms with Gasteiger partial charge in [0, 0.05) is 17.8 Å². The summed E-state index contributed by atoms with van der Waals surface area (Å²) in [4.78, 5) is 26.5. The maximum Gasteiger partial charge on any atom is 0.254 e. The first-order valence-corrected chi connectivity index (χ1v) is 6.91. The molecule has 0 spiro atoms. The molecule has 4 heteroatoms. The van der Waals surface area contributed by atoms with Gasteiger partial charge in [-0.25, -0.2) is 0 Å². The van der Waals surface area contributed by atoms with E-state index in [1.807, 2.05) is 42.5 Å². The molecule has 0 aromatic heterocycles. The molecule has 1 heterocycles. The summed E-state index contributed by atoms with van der Waals surface area (Å²) in [5.74, 6) is -0.292. The molecule has 2 aromatic rings. The van der Waals surface area contributed by atoms with Crippen molar-refractivity contribution in [3.63, 3.8) is 0 Å². The number of rotatable bonds is 1. The lowest BCUT2D eigenvalue weighted by atomic mass is 10.1. The number of para-hydroxylation sites is 1. The fourth-order valence-corrected chi connectivity index (χ4v) is 2.47. The first-order valence-electron chi connectivity index (χ1n) is 6.91. The number of carbonyl (C=O) groups is 2. The van der Waals surface area contributed by atoms with Crippen molar-refractivity contribution in [1.29, 1.82) is 0 Å². The molecule has 106 valence electrons. The summed E-state index contributed by atoms with van der Waals surface area (Å²) in [6.45, 7) is 2.17. The van der Waals surface area contributed by atoms with Gasteiger partial charge < -0.3 is 10.2 Å². The molecule has 1 N–H and O–H groups in total. The van der Waals surface area contributed by atoms with Gasteiger partial charge in [-0.2, -0.15) is 0 Å². The fourth-order valence-electron chi connectivity index (χ4n) is 2.47. The zero-order chi connectivity index (χ0) is 14.8. The molecule has 0 aliphatic carbocycles. The first-order chi connectivity index (χ1) is 10.2. The molecule has 1 unspecified atom stereocenters. The van der Waals surface area contributed by atoms with Crippen molar-refractivity contribution in [1.82, 2.24) is 4.90 Å². The minimum absolute atomic E-state index is 0.130. The third-order valence-corrected chi connectivity index (χ3v) is 3.74. The van der Waals surface area contributed by atoms with E-state index in [1.165, 1.54) is 0 Å². The molecule has 0 bridgehead atoms. The second-order valence-corrected chi connectivity index (χ2v) is 5.12. The van der Waals surface area contributed by atoms with Gasteiger partial charge in [-0.05, 0) is 30.7 Å². The van der Waals surface area contributed by atoms with E-state index in [1.54, 1.807) is 24.0 Å². The number of amides is 2. The van der Waals surface area contributed by atoms with Gasteiger partial charge in [0.2, 0.25) is 5.91 Å². The summed E-state index contributed by atoms with van der Waals surface area (Å²) in [6, 6.07) is 16.1. The summed E-state index contributed by atoms with van der Waals surface area (Å²) in [7, 11) is 0. The third-order valence-electron chi connectivity index (χ3n) is 3.74. The average molecular weight is 280 g/mol. The van der Waals surface area contributed by atoms with Crippen molar-refractivity contribution in [2.45, 2.75) is 19.5 Å². The molecular formula is C17H16N2O2. The predicted octanol–water partition coefficient (Wildman–Crippen LogP) is 2.67. The number of hydrogen-bond donors (Lipinski definition) is 1. The predicted molar refractivity (Wildman–Crippen MR) is 80.8 cm³/mol. The average Bonchev–Trinajstić information content (AvgIpc) is 2.65. The van der Waals surface area contributed by atoms with Crippen molar-refractivity contribution in [3.05, 3.63) is 65.7 Å². The van der Waals surface area contributed by atoms with Crippen LogP contribution in [-0.2, 0) is 11.3 Å². The Morgan fingerprint density at radius 2 is 1.76 bits per heavy atom. The first kappa shape index (κ1) is 13.4. The van der Waals surface area contributed by atoms with Crippen LogP contribution >= 0.6 is 0 Å². The van der Waals surface area contributed by atoms with E-state index in [4.69, 9.17) is 0 Å². The van der Waals surface area contributed by atoms with Crippen LogP contribution in [0, 0.1) is 0 Å². The minimum Gasteiger partial charge on any atom is -0.324 e. The molecule has 4 nitrogen and oxygen atoms in total. The SMILES string of the molecule is CC1C(=O)Nc2ccccc2CN1C(=O)c1ccccc1. The standard InChI is InChI=1S/C17H16N2O2/c1-12-16(20)18-15-10-6-5-9-14(15)11-19(12)17(21)13-7-3-2-4-8-13/h2-10,12H,11H2,1H3,(H,18,20). The van der Waals surface area contributed by atoms with Gasteiger partial charge in [-0.1, -0.05) is 36.4 Å². The zero-order valence-corrected chi connectivity index (χ0v) is 11.7. The lowest BCUT2D eigenvalue weighted by Gasteiger charge is -2.25. The van der Waals surface area contributed by atoms with Crippen LogP contribution < -0.4 is 5.32 Å². The number of carbonyl (C=O) groups excluding carboxylic acids is 2. The monoisotopic (exact) mass is 280 g/mol. The van der Waals surface area contributed by atoms with E-state index < -0.39 is 6.04 Å². The molecule has 0 saturated heterocycles. The Morgan fingerprint density at radius 3 is 2.52 bits per heavy atom. The highest BCUT2D eigenvalue weighted by Crippen LogP contribution is 2.24. The summed E-state index contributed by atoms with van der Waals surface area (Å²) in [5.41, 5.74) is 2.31. The highest BCUT2D eigenvalue weighted by Gasteiger charge is 2.30. The number of benzene rings is 2. The lowest BCUT2D eigenvalue weighted by molar-refractivity contribution is -0.119. The van der Waals surface area contributed by atoms with Crippen LogP contribution in [0.2, 0.25) is 0 Å². The van der Waals surface area contributed by atoms with Crippen LogP contribution in [0.15, 0.2) is 54.6 Å². The molecule has 21 heavy (non-hydrogen) atoms. The third kappa shape index (κ3) is 2.52. The normalized spacial score (nSPS) is 17.7. The second-order valence-electron chi connectivity index (χ2n) is 5.12. The molecule has 0 radical (unpaired) electrons. The highest BCUT2D eigenvalue weighted by atomic mass is 16.2. The summed E-state index contributed by atoms with van der Waals surface area (Å²) >= 11 is 0. The molecule has 1 aliphatic rings. The van der Waals surface area contributed by atoms with Crippen molar-refractivity contribution in [2.24, 2.45) is 0 Å². The van der Waals surface area contributed by atoms with Gasteiger partial charge in [0.25, 0.3) is 5.91 Å². The zero-order valence-electron chi connectivity index (χ0n) is 11.7. The van der Waals surface area contributed by atoms with Crippen molar-refractivity contribution in [3.8, 4) is 0 Å². The largest absolute Gasteiger partial charge is 0.324 e. The van der Waals surface area contributed by atoms with Gasteiger partial charge in [0.1, 0.15) is 6.04 Å². The Bertz CT molecular complexity index is 682. The van der Waals surface area contributed by atoms with Crippen molar-refractivity contribution < 1.29 is 9.59 Å². The Hall–Kier alpha value is -2.62. The van der Waals surface area contributed by atoms with Gasteiger partial charge in [-0.15, -0.1) is 0 Å². The number of anilines is 1. The van der Waals surface area contributed by atoms with Crippen molar-refractivity contribution in [2.75, 3.05) is 5.32 Å². The van der Waals surface area contributed by atoms with Gasteiger partial charge in [0.05, 0.1) is 0 Å². The minimum atomic E-state index is -0.509. The summed E-state index contributed by atoms with van der Waals surface area (Å²) in [5, 5.41) is 2.88. The molecule has 2 aromatic carbocycles. The maximum atomic E-state index is 12.7. The van der Waals surface area contributed by atoms with E-state index in [9.17, 15) is 9.59 Å².